The second kappa shape index (κ2) is 8.45. The summed E-state index contributed by atoms with van der Waals surface area (Å²) in [7, 11) is -2.12. The molecule has 7 nitrogen and oxygen atoms in total. The number of fused-ring (bicyclic) bond motifs is 1. The van der Waals surface area contributed by atoms with Crippen LogP contribution in [0.2, 0.25) is 0 Å². The predicted octanol–water partition coefficient (Wildman–Crippen LogP) is 3.27. The van der Waals surface area contributed by atoms with E-state index >= 15 is 0 Å². The first-order valence-corrected chi connectivity index (χ1v) is 10.3. The zero-order valence-corrected chi connectivity index (χ0v) is 16.5. The quantitative estimate of drug-likeness (QED) is 0.585. The lowest BCUT2D eigenvalue weighted by Crippen LogP contribution is -2.13. The average molecular weight is 402 g/mol. The minimum atomic E-state index is -3.77. The maximum absolute atomic E-state index is 12.6. The van der Waals surface area contributed by atoms with Gasteiger partial charge >= 0.3 is 5.97 Å². The molecule has 0 aliphatic rings. The highest BCUT2D eigenvalue weighted by molar-refractivity contribution is 7.92. The Morgan fingerprint density at radius 2 is 1.86 bits per heavy atom. The summed E-state index contributed by atoms with van der Waals surface area (Å²) in [6, 6.07) is 12.9. The number of nitrogens with zero attached hydrogens (tertiary/aromatic N) is 1. The number of esters is 1. The Bertz CT molecular complexity index is 1070. The average Bonchev–Trinajstić information content (AvgIpc) is 3.08. The molecule has 0 saturated heterocycles. The normalized spacial score (nSPS) is 11.5. The Hall–Kier alpha value is -2.84. The lowest BCUT2D eigenvalue weighted by molar-refractivity contribution is 0.0526. The van der Waals surface area contributed by atoms with Crippen LogP contribution in [0, 0.1) is 0 Å². The highest BCUT2D eigenvalue weighted by atomic mass is 32.2. The van der Waals surface area contributed by atoms with Crippen molar-refractivity contribution in [3.05, 3.63) is 60.3 Å². The minimum absolute atomic E-state index is 0.0679. The predicted molar refractivity (Wildman–Crippen MR) is 107 cm³/mol. The molecule has 0 aliphatic carbocycles. The molecule has 0 aliphatic heterocycles. The molecule has 0 fully saturated rings. The Morgan fingerprint density at radius 3 is 2.54 bits per heavy atom. The number of hydrogen-bond donors (Lipinski definition) is 1. The van der Waals surface area contributed by atoms with E-state index in [2.05, 4.69) is 4.72 Å². The molecular formula is C20H22N2O5S. The van der Waals surface area contributed by atoms with Gasteiger partial charge in [0, 0.05) is 36.4 Å². The van der Waals surface area contributed by atoms with Gasteiger partial charge in [0.05, 0.1) is 23.7 Å². The molecule has 0 amide bonds. The lowest BCUT2D eigenvalue weighted by Gasteiger charge is -2.10. The monoisotopic (exact) mass is 402 g/mol. The molecule has 0 spiro atoms. The summed E-state index contributed by atoms with van der Waals surface area (Å²) in [6.07, 6.45) is 1.94. The lowest BCUT2D eigenvalue weighted by atomic mass is 10.2. The van der Waals surface area contributed by atoms with Crippen molar-refractivity contribution in [2.75, 3.05) is 25.0 Å². The molecule has 0 radical (unpaired) electrons. The zero-order valence-electron chi connectivity index (χ0n) is 15.7. The molecule has 0 saturated carbocycles. The minimum Gasteiger partial charge on any atom is -0.462 e. The Labute approximate surface area is 163 Å². The fraction of sp³-hybridized carbons (Fsp3) is 0.250. The number of carbonyl (C=O) groups excluding carboxylic acids is 1. The number of anilines is 1. The standard InChI is InChI=1S/C20H22N2O5S/c1-3-27-20(23)15-4-7-18(8-5-15)28(24,25)21-17-6-9-19-16(14-17)10-11-22(19)12-13-26-2/h4-11,14,21H,3,12-13H2,1-2H3. The van der Waals surface area contributed by atoms with Gasteiger partial charge in [-0.25, -0.2) is 13.2 Å². The molecule has 28 heavy (non-hydrogen) atoms. The van der Waals surface area contributed by atoms with Crippen LogP contribution in [0.3, 0.4) is 0 Å². The van der Waals surface area contributed by atoms with Crippen molar-refractivity contribution in [3.8, 4) is 0 Å². The second-order valence-corrected chi connectivity index (χ2v) is 7.81. The van der Waals surface area contributed by atoms with E-state index in [1.807, 2.05) is 22.9 Å². The van der Waals surface area contributed by atoms with Gasteiger partial charge in [0.25, 0.3) is 10.0 Å². The SMILES string of the molecule is CCOC(=O)c1ccc(S(=O)(=O)Nc2ccc3c(ccn3CCOC)c2)cc1. The number of nitrogens with one attached hydrogen (secondary N) is 1. The van der Waals surface area contributed by atoms with Crippen molar-refractivity contribution in [2.45, 2.75) is 18.4 Å². The number of ether oxygens (including phenoxy) is 2. The highest BCUT2D eigenvalue weighted by Gasteiger charge is 2.16. The molecule has 3 rings (SSSR count). The summed E-state index contributed by atoms with van der Waals surface area (Å²) in [5, 5.41) is 0.925. The van der Waals surface area contributed by atoms with Crippen molar-refractivity contribution in [1.29, 1.82) is 0 Å². The summed E-state index contributed by atoms with van der Waals surface area (Å²) < 4.78 is 39.9. The Morgan fingerprint density at radius 1 is 1.11 bits per heavy atom. The molecule has 0 atom stereocenters. The van der Waals surface area contributed by atoms with Crippen LogP contribution in [-0.4, -0.2) is 39.3 Å². The third-order valence-electron chi connectivity index (χ3n) is 4.24. The van der Waals surface area contributed by atoms with E-state index in [1.54, 1.807) is 26.2 Å². The van der Waals surface area contributed by atoms with Gasteiger partial charge in [0.1, 0.15) is 0 Å². The fourth-order valence-electron chi connectivity index (χ4n) is 2.85. The number of methoxy groups -OCH3 is 1. The van der Waals surface area contributed by atoms with Gasteiger partial charge in [-0.1, -0.05) is 0 Å². The summed E-state index contributed by atoms with van der Waals surface area (Å²) in [5.74, 6) is -0.483. The summed E-state index contributed by atoms with van der Waals surface area (Å²) in [6.45, 7) is 3.29. The van der Waals surface area contributed by atoms with Crippen molar-refractivity contribution in [2.24, 2.45) is 0 Å². The smallest absolute Gasteiger partial charge is 0.338 e. The summed E-state index contributed by atoms with van der Waals surface area (Å²) in [5.41, 5.74) is 1.77. The molecule has 0 unspecified atom stereocenters. The highest BCUT2D eigenvalue weighted by Crippen LogP contribution is 2.23. The van der Waals surface area contributed by atoms with Crippen molar-refractivity contribution >= 4 is 32.6 Å². The van der Waals surface area contributed by atoms with E-state index in [-0.39, 0.29) is 11.5 Å². The van der Waals surface area contributed by atoms with Gasteiger partial charge in [-0.3, -0.25) is 4.72 Å². The summed E-state index contributed by atoms with van der Waals surface area (Å²) in [4.78, 5) is 11.8. The zero-order chi connectivity index (χ0) is 20.1. The number of carbonyl (C=O) groups is 1. The van der Waals surface area contributed by atoms with E-state index in [4.69, 9.17) is 9.47 Å². The van der Waals surface area contributed by atoms with Crippen LogP contribution < -0.4 is 4.72 Å². The molecule has 1 heterocycles. The van der Waals surface area contributed by atoms with Gasteiger partial charge in [0.15, 0.2) is 0 Å². The van der Waals surface area contributed by atoms with Gasteiger partial charge in [-0.05, 0) is 55.5 Å². The molecule has 0 bridgehead atoms. The molecule has 148 valence electrons. The molecule has 2 aromatic carbocycles. The largest absolute Gasteiger partial charge is 0.462 e. The van der Waals surface area contributed by atoms with E-state index < -0.39 is 16.0 Å². The van der Waals surface area contributed by atoms with Crippen LogP contribution >= 0.6 is 0 Å². The molecule has 8 heteroatoms. The first kappa shape index (κ1) is 19.9. The van der Waals surface area contributed by atoms with Gasteiger partial charge in [0.2, 0.25) is 0 Å². The summed E-state index contributed by atoms with van der Waals surface area (Å²) >= 11 is 0. The van der Waals surface area contributed by atoms with E-state index in [0.29, 0.717) is 17.9 Å². The van der Waals surface area contributed by atoms with Crippen molar-refractivity contribution < 1.29 is 22.7 Å². The number of sulfonamides is 1. The molecular weight excluding hydrogens is 380 g/mol. The Kier molecular flexibility index (Phi) is 6.01. The molecule has 1 N–H and O–H groups in total. The van der Waals surface area contributed by atoms with Crippen LogP contribution in [0.15, 0.2) is 59.6 Å². The van der Waals surface area contributed by atoms with E-state index in [0.717, 1.165) is 17.4 Å². The van der Waals surface area contributed by atoms with Gasteiger partial charge in [-0.2, -0.15) is 0 Å². The molecule has 1 aromatic heterocycles. The van der Waals surface area contributed by atoms with E-state index in [1.165, 1.54) is 24.3 Å². The maximum Gasteiger partial charge on any atom is 0.338 e. The maximum atomic E-state index is 12.6. The number of rotatable bonds is 8. The van der Waals surface area contributed by atoms with Gasteiger partial charge < -0.3 is 14.0 Å². The first-order chi connectivity index (χ1) is 13.4. The second-order valence-electron chi connectivity index (χ2n) is 6.13. The first-order valence-electron chi connectivity index (χ1n) is 8.82. The topological polar surface area (TPSA) is 86.6 Å². The number of aromatic nitrogens is 1. The van der Waals surface area contributed by atoms with Crippen LogP contribution in [0.1, 0.15) is 17.3 Å². The molecule has 3 aromatic rings. The van der Waals surface area contributed by atoms with Crippen molar-refractivity contribution in [1.82, 2.24) is 4.57 Å². The third kappa shape index (κ3) is 4.35. The fourth-order valence-corrected chi connectivity index (χ4v) is 3.90. The Balaban J connectivity index is 1.79. The van der Waals surface area contributed by atoms with Crippen molar-refractivity contribution in [3.63, 3.8) is 0 Å². The van der Waals surface area contributed by atoms with Crippen LogP contribution in [0.4, 0.5) is 5.69 Å². The number of benzene rings is 2. The van der Waals surface area contributed by atoms with Crippen LogP contribution in [0.25, 0.3) is 10.9 Å². The van der Waals surface area contributed by atoms with Crippen LogP contribution in [-0.2, 0) is 26.0 Å². The van der Waals surface area contributed by atoms with Crippen LogP contribution in [0.5, 0.6) is 0 Å². The van der Waals surface area contributed by atoms with Gasteiger partial charge in [-0.15, -0.1) is 0 Å². The number of hydrogen-bond acceptors (Lipinski definition) is 5. The van der Waals surface area contributed by atoms with E-state index in [9.17, 15) is 13.2 Å². The third-order valence-corrected chi connectivity index (χ3v) is 5.63.